The topological polar surface area (TPSA) is 94.7 Å². The van der Waals surface area contributed by atoms with Crippen molar-refractivity contribution in [2.45, 2.75) is 32.7 Å². The van der Waals surface area contributed by atoms with Crippen LogP contribution in [0.1, 0.15) is 25.3 Å². The van der Waals surface area contributed by atoms with Crippen molar-refractivity contribution in [2.24, 2.45) is 0 Å². The summed E-state index contributed by atoms with van der Waals surface area (Å²) >= 11 is 2.71. The van der Waals surface area contributed by atoms with Crippen LogP contribution in [0.3, 0.4) is 0 Å². The Labute approximate surface area is 180 Å². The number of benzene rings is 1. The van der Waals surface area contributed by atoms with E-state index in [1.54, 1.807) is 6.07 Å². The number of anilines is 1. The maximum absolute atomic E-state index is 12.4. The van der Waals surface area contributed by atoms with Crippen LogP contribution in [0.25, 0.3) is 16.3 Å². The minimum Gasteiger partial charge on any atom is -0.300 e. The van der Waals surface area contributed by atoms with Gasteiger partial charge in [-0.2, -0.15) is 9.36 Å². The molecule has 0 aliphatic heterocycles. The number of hydrogen-bond donors (Lipinski definition) is 1. The normalized spacial score (nSPS) is 11.0. The number of amides is 1. The Morgan fingerprint density at radius 2 is 1.97 bits per heavy atom. The smallest absolute Gasteiger partial charge is 0.300 e. The molecule has 0 aliphatic carbocycles. The molecule has 0 bridgehead atoms. The Hall–Kier alpha value is -3.11. The van der Waals surface area contributed by atoms with Gasteiger partial charge in [0.05, 0.1) is 5.69 Å². The van der Waals surface area contributed by atoms with Crippen LogP contribution in [0, 0.1) is 0 Å². The van der Waals surface area contributed by atoms with Crippen molar-refractivity contribution >= 4 is 33.7 Å². The summed E-state index contributed by atoms with van der Waals surface area (Å²) in [6.45, 7) is 1.95. The number of carbonyl (C=O) groups excluding carboxylic acids is 1. The molecule has 0 aliphatic rings. The highest BCUT2D eigenvalue weighted by atomic mass is 32.1. The molecule has 0 saturated heterocycles. The molecule has 1 amide bonds. The molecule has 0 unspecified atom stereocenters. The van der Waals surface area contributed by atoms with E-state index in [0.29, 0.717) is 10.1 Å². The molecule has 154 valence electrons. The fourth-order valence-electron chi connectivity index (χ4n) is 2.88. The molecule has 1 aromatic carbocycles. The molecule has 0 saturated carbocycles. The van der Waals surface area contributed by atoms with Gasteiger partial charge in [0.25, 0.3) is 0 Å². The molecule has 0 spiro atoms. The van der Waals surface area contributed by atoms with Gasteiger partial charge in [-0.05, 0) is 46.3 Å². The van der Waals surface area contributed by atoms with Gasteiger partial charge < -0.3 is 5.32 Å². The van der Waals surface area contributed by atoms with Crippen LogP contribution in [-0.4, -0.2) is 30.7 Å². The number of unbranched alkanes of at least 4 members (excludes halogenated alkanes) is 1. The standard InChI is InChI=1S/C20H20N6O2S2/c1-2-3-5-14-7-9-15(10-8-14)16-13-30-19(21-16)22-17(27)12-25-20(28)26(24-23-25)18-6-4-11-29-18/h4,6-11,13H,2-3,5,12H2,1H3,(H,21,22,27). The Morgan fingerprint density at radius 3 is 2.70 bits per heavy atom. The molecule has 3 aromatic heterocycles. The van der Waals surface area contributed by atoms with Crippen LogP contribution in [0.4, 0.5) is 5.13 Å². The number of carbonyl (C=O) groups is 1. The second kappa shape index (κ2) is 9.14. The van der Waals surface area contributed by atoms with E-state index >= 15 is 0 Å². The molecule has 0 atom stereocenters. The number of hydrogen-bond acceptors (Lipinski definition) is 7. The van der Waals surface area contributed by atoms with E-state index in [0.717, 1.165) is 22.4 Å². The summed E-state index contributed by atoms with van der Waals surface area (Å²) in [5, 5.41) is 15.2. The first-order valence-electron chi connectivity index (χ1n) is 9.55. The molecule has 8 nitrogen and oxygen atoms in total. The number of thiophene rings is 1. The number of thiazole rings is 1. The molecule has 4 rings (SSSR count). The van der Waals surface area contributed by atoms with Crippen molar-refractivity contribution < 1.29 is 4.79 Å². The summed E-state index contributed by atoms with van der Waals surface area (Å²) in [7, 11) is 0. The van der Waals surface area contributed by atoms with Gasteiger partial charge in [-0.1, -0.05) is 37.6 Å². The van der Waals surface area contributed by atoms with E-state index in [1.165, 1.54) is 45.8 Å². The van der Waals surface area contributed by atoms with Gasteiger partial charge in [0, 0.05) is 10.9 Å². The van der Waals surface area contributed by atoms with Gasteiger partial charge in [0.15, 0.2) is 5.13 Å². The highest BCUT2D eigenvalue weighted by Gasteiger charge is 2.14. The van der Waals surface area contributed by atoms with Crippen LogP contribution < -0.4 is 11.0 Å². The van der Waals surface area contributed by atoms with Gasteiger partial charge in [0.1, 0.15) is 11.5 Å². The predicted octanol–water partition coefficient (Wildman–Crippen LogP) is 3.60. The minimum atomic E-state index is -0.462. The summed E-state index contributed by atoms with van der Waals surface area (Å²) in [6.07, 6.45) is 3.43. The summed E-state index contributed by atoms with van der Waals surface area (Å²) in [5.74, 6) is -0.383. The van der Waals surface area contributed by atoms with E-state index in [9.17, 15) is 9.59 Å². The van der Waals surface area contributed by atoms with Crippen LogP contribution in [0.2, 0.25) is 0 Å². The lowest BCUT2D eigenvalue weighted by Gasteiger charge is -2.02. The molecule has 30 heavy (non-hydrogen) atoms. The molecule has 3 heterocycles. The number of nitrogens with one attached hydrogen (secondary N) is 1. The lowest BCUT2D eigenvalue weighted by Crippen LogP contribution is -2.29. The fourth-order valence-corrected chi connectivity index (χ4v) is 4.29. The zero-order valence-corrected chi connectivity index (χ0v) is 17.9. The highest BCUT2D eigenvalue weighted by Crippen LogP contribution is 2.25. The quantitative estimate of drug-likeness (QED) is 0.452. The van der Waals surface area contributed by atoms with Gasteiger partial charge in [-0.15, -0.1) is 22.7 Å². The van der Waals surface area contributed by atoms with Crippen LogP contribution in [0.15, 0.2) is 52.0 Å². The summed E-state index contributed by atoms with van der Waals surface area (Å²) in [6, 6.07) is 11.9. The van der Waals surface area contributed by atoms with Gasteiger partial charge >= 0.3 is 5.69 Å². The maximum atomic E-state index is 12.4. The molecule has 10 heteroatoms. The first kappa shape index (κ1) is 20.2. The Morgan fingerprint density at radius 1 is 1.13 bits per heavy atom. The second-order valence-electron chi connectivity index (χ2n) is 6.67. The number of tetrazole rings is 1. The van der Waals surface area contributed by atoms with Crippen LogP contribution in [-0.2, 0) is 17.8 Å². The highest BCUT2D eigenvalue weighted by molar-refractivity contribution is 7.14. The zero-order valence-electron chi connectivity index (χ0n) is 16.3. The van der Waals surface area contributed by atoms with Crippen molar-refractivity contribution in [1.29, 1.82) is 0 Å². The van der Waals surface area contributed by atoms with Crippen LogP contribution >= 0.6 is 22.7 Å². The number of nitrogens with zero attached hydrogens (tertiary/aromatic N) is 5. The van der Waals surface area contributed by atoms with Crippen molar-refractivity contribution in [3.05, 3.63) is 63.2 Å². The average molecular weight is 441 g/mol. The molecule has 1 N–H and O–H groups in total. The monoisotopic (exact) mass is 440 g/mol. The molecule has 4 aromatic rings. The first-order valence-corrected chi connectivity index (χ1v) is 11.3. The Balaban J connectivity index is 1.39. The SMILES string of the molecule is CCCCc1ccc(-c2csc(NC(=O)Cn3nnn(-c4cccs4)c3=O)n2)cc1. The van der Waals surface area contributed by atoms with Crippen molar-refractivity contribution in [3.63, 3.8) is 0 Å². The third kappa shape index (κ3) is 4.55. The van der Waals surface area contributed by atoms with E-state index in [1.807, 2.05) is 29.0 Å². The van der Waals surface area contributed by atoms with E-state index in [2.05, 4.69) is 39.8 Å². The van der Waals surface area contributed by atoms with Crippen molar-refractivity contribution in [3.8, 4) is 16.3 Å². The van der Waals surface area contributed by atoms with E-state index < -0.39 is 5.69 Å². The summed E-state index contributed by atoms with van der Waals surface area (Å²) in [4.78, 5) is 29.2. The van der Waals surface area contributed by atoms with Crippen molar-refractivity contribution in [1.82, 2.24) is 24.8 Å². The van der Waals surface area contributed by atoms with E-state index in [-0.39, 0.29) is 12.5 Å². The summed E-state index contributed by atoms with van der Waals surface area (Å²) in [5.41, 5.74) is 2.65. The lowest BCUT2D eigenvalue weighted by molar-refractivity contribution is -0.117. The van der Waals surface area contributed by atoms with Gasteiger partial charge in [-0.3, -0.25) is 4.79 Å². The molecular formula is C20H20N6O2S2. The molecular weight excluding hydrogens is 420 g/mol. The zero-order chi connectivity index (χ0) is 20.9. The molecule has 0 radical (unpaired) electrons. The predicted molar refractivity (Wildman–Crippen MR) is 118 cm³/mol. The second-order valence-corrected chi connectivity index (χ2v) is 8.45. The number of rotatable bonds is 8. The number of aromatic nitrogens is 5. The van der Waals surface area contributed by atoms with Crippen LogP contribution in [0.5, 0.6) is 0 Å². The third-order valence-electron chi connectivity index (χ3n) is 4.47. The maximum Gasteiger partial charge on any atom is 0.369 e. The van der Waals surface area contributed by atoms with Crippen molar-refractivity contribution in [2.75, 3.05) is 5.32 Å². The third-order valence-corrected chi connectivity index (χ3v) is 6.07. The van der Waals surface area contributed by atoms with E-state index in [4.69, 9.17) is 0 Å². The lowest BCUT2D eigenvalue weighted by atomic mass is 10.1. The van der Waals surface area contributed by atoms with Gasteiger partial charge in [0.2, 0.25) is 5.91 Å². The summed E-state index contributed by atoms with van der Waals surface area (Å²) < 4.78 is 2.20. The number of aryl methyl sites for hydroxylation is 1. The largest absolute Gasteiger partial charge is 0.369 e. The van der Waals surface area contributed by atoms with Gasteiger partial charge in [-0.25, -0.2) is 9.78 Å². The average Bonchev–Trinajstić information content (AvgIpc) is 3.50. The minimum absolute atomic E-state index is 0.231. The Bertz CT molecular complexity index is 1170. The molecule has 0 fully saturated rings. The Kier molecular flexibility index (Phi) is 6.15. The fraction of sp³-hybridized carbons (Fsp3) is 0.250. The first-order chi connectivity index (χ1) is 14.6.